The summed E-state index contributed by atoms with van der Waals surface area (Å²) in [6.45, 7) is 2.28. The lowest BCUT2D eigenvalue weighted by Gasteiger charge is -2.03. The first-order valence-corrected chi connectivity index (χ1v) is 10.8. The second-order valence-electron chi connectivity index (χ2n) is 7.19. The smallest absolute Gasteiger partial charge is 0.307 e. The largest absolute Gasteiger partial charge is 0.481 e. The quantitative estimate of drug-likeness (QED) is 0.190. The Labute approximate surface area is 156 Å². The first kappa shape index (κ1) is 23.9. The van der Waals surface area contributed by atoms with Gasteiger partial charge in [-0.05, 0) is 12.8 Å². The predicted octanol–water partition coefficient (Wildman–Crippen LogP) is 7.84. The summed E-state index contributed by atoms with van der Waals surface area (Å²) in [6, 6.07) is 0. The van der Waals surface area contributed by atoms with Crippen molar-refractivity contribution >= 4 is 5.97 Å². The van der Waals surface area contributed by atoms with E-state index in [0.717, 1.165) is 6.42 Å². The van der Waals surface area contributed by atoms with Crippen molar-refractivity contribution in [2.24, 2.45) is 0 Å². The number of carbonyl (C=O) groups is 1. The van der Waals surface area contributed by atoms with Crippen LogP contribution in [0, 0.1) is 0 Å². The minimum atomic E-state index is -0.771. The number of hydrogen-bond acceptors (Lipinski definition) is 1. The van der Waals surface area contributed by atoms with Crippen LogP contribution in [0.1, 0.15) is 116 Å². The highest BCUT2D eigenvalue weighted by molar-refractivity contribution is 5.68. The SMILES string of the molecule is CCCCCCCCCCCCCCCCC/C=C/C=C/CC(=O)O. The number of carboxylic acids is 1. The molecule has 2 heteroatoms. The molecule has 0 aromatic carbocycles. The molecule has 0 spiro atoms. The molecule has 0 bridgehead atoms. The molecule has 0 aliphatic carbocycles. The Hall–Kier alpha value is -1.05. The molecule has 146 valence electrons. The van der Waals surface area contributed by atoms with Crippen molar-refractivity contribution in [3.8, 4) is 0 Å². The van der Waals surface area contributed by atoms with E-state index in [-0.39, 0.29) is 6.42 Å². The van der Waals surface area contributed by atoms with Crippen LogP contribution >= 0.6 is 0 Å². The zero-order valence-corrected chi connectivity index (χ0v) is 16.7. The van der Waals surface area contributed by atoms with Gasteiger partial charge in [0.15, 0.2) is 0 Å². The Morgan fingerprint density at radius 2 is 1.04 bits per heavy atom. The Morgan fingerprint density at radius 3 is 1.48 bits per heavy atom. The molecule has 0 saturated carbocycles. The highest BCUT2D eigenvalue weighted by Crippen LogP contribution is 2.13. The van der Waals surface area contributed by atoms with Gasteiger partial charge in [0.05, 0.1) is 6.42 Å². The average Bonchev–Trinajstić information content (AvgIpc) is 2.60. The molecule has 0 fully saturated rings. The van der Waals surface area contributed by atoms with Gasteiger partial charge in [0.25, 0.3) is 0 Å². The minimum absolute atomic E-state index is 0.114. The van der Waals surface area contributed by atoms with Crippen LogP contribution < -0.4 is 0 Å². The minimum Gasteiger partial charge on any atom is -0.481 e. The number of hydrogen-bond donors (Lipinski definition) is 1. The average molecular weight is 351 g/mol. The van der Waals surface area contributed by atoms with Gasteiger partial charge in [-0.1, -0.05) is 121 Å². The lowest BCUT2D eigenvalue weighted by molar-refractivity contribution is -0.136. The summed E-state index contributed by atoms with van der Waals surface area (Å²) < 4.78 is 0. The van der Waals surface area contributed by atoms with Crippen molar-refractivity contribution in [3.05, 3.63) is 24.3 Å². The van der Waals surface area contributed by atoms with Crippen LogP contribution in [0.3, 0.4) is 0 Å². The molecule has 0 radical (unpaired) electrons. The Morgan fingerprint density at radius 1 is 0.640 bits per heavy atom. The molecular formula is C23H42O2. The molecule has 1 N–H and O–H groups in total. The van der Waals surface area contributed by atoms with Gasteiger partial charge >= 0.3 is 5.97 Å². The molecule has 0 aliphatic heterocycles. The summed E-state index contributed by atoms with van der Waals surface area (Å²) in [5.74, 6) is -0.771. The molecule has 0 rings (SSSR count). The van der Waals surface area contributed by atoms with Gasteiger partial charge < -0.3 is 5.11 Å². The van der Waals surface area contributed by atoms with Crippen LogP contribution in [-0.2, 0) is 4.79 Å². The van der Waals surface area contributed by atoms with Crippen molar-refractivity contribution in [2.75, 3.05) is 0 Å². The van der Waals surface area contributed by atoms with Crippen molar-refractivity contribution in [1.82, 2.24) is 0 Å². The van der Waals surface area contributed by atoms with Crippen LogP contribution in [0.2, 0.25) is 0 Å². The van der Waals surface area contributed by atoms with Crippen molar-refractivity contribution in [3.63, 3.8) is 0 Å². The fourth-order valence-corrected chi connectivity index (χ4v) is 3.06. The Kier molecular flexibility index (Phi) is 20.1. The molecule has 0 aromatic heterocycles. The van der Waals surface area contributed by atoms with Gasteiger partial charge in [-0.3, -0.25) is 4.79 Å². The first-order chi connectivity index (χ1) is 12.3. The third kappa shape index (κ3) is 22.9. The standard InChI is InChI=1S/C23H42O2/c1-2-3-4-5-6-7-8-9-10-11-12-13-14-15-16-17-18-19-20-21-22-23(24)25/h18-21H,2-17,22H2,1H3,(H,24,25)/b19-18+,21-20+. The highest BCUT2D eigenvalue weighted by atomic mass is 16.4. The third-order valence-electron chi connectivity index (χ3n) is 4.65. The van der Waals surface area contributed by atoms with Crippen molar-refractivity contribution in [1.29, 1.82) is 0 Å². The topological polar surface area (TPSA) is 37.3 Å². The number of unbranched alkanes of at least 4 members (excludes halogenated alkanes) is 15. The van der Waals surface area contributed by atoms with Gasteiger partial charge in [0, 0.05) is 0 Å². The lowest BCUT2D eigenvalue weighted by Crippen LogP contribution is -1.89. The van der Waals surface area contributed by atoms with E-state index in [4.69, 9.17) is 5.11 Å². The number of aliphatic carboxylic acids is 1. The molecule has 2 nitrogen and oxygen atoms in total. The van der Waals surface area contributed by atoms with E-state index in [9.17, 15) is 4.79 Å². The summed E-state index contributed by atoms with van der Waals surface area (Å²) in [4.78, 5) is 10.3. The maximum atomic E-state index is 10.3. The number of rotatable bonds is 19. The fraction of sp³-hybridized carbons (Fsp3) is 0.783. The van der Waals surface area contributed by atoms with E-state index in [2.05, 4.69) is 13.0 Å². The van der Waals surface area contributed by atoms with Gasteiger partial charge in [0.1, 0.15) is 0 Å². The summed E-state index contributed by atoms with van der Waals surface area (Å²) >= 11 is 0. The van der Waals surface area contributed by atoms with Gasteiger partial charge in [0.2, 0.25) is 0 Å². The second kappa shape index (κ2) is 21.0. The van der Waals surface area contributed by atoms with Crippen LogP contribution in [0.5, 0.6) is 0 Å². The van der Waals surface area contributed by atoms with E-state index >= 15 is 0 Å². The van der Waals surface area contributed by atoms with Gasteiger partial charge in [-0.25, -0.2) is 0 Å². The maximum absolute atomic E-state index is 10.3. The van der Waals surface area contributed by atoms with Crippen LogP contribution in [0.15, 0.2) is 24.3 Å². The zero-order chi connectivity index (χ0) is 18.4. The van der Waals surface area contributed by atoms with Crippen LogP contribution in [-0.4, -0.2) is 11.1 Å². The van der Waals surface area contributed by atoms with Gasteiger partial charge in [-0.15, -0.1) is 0 Å². The molecule has 25 heavy (non-hydrogen) atoms. The van der Waals surface area contributed by atoms with E-state index in [1.165, 1.54) is 96.3 Å². The third-order valence-corrected chi connectivity index (χ3v) is 4.65. The first-order valence-electron chi connectivity index (χ1n) is 10.8. The molecule has 0 atom stereocenters. The number of carboxylic acid groups (broad SMARTS) is 1. The molecule has 0 unspecified atom stereocenters. The van der Waals surface area contributed by atoms with E-state index < -0.39 is 5.97 Å². The van der Waals surface area contributed by atoms with Crippen LogP contribution in [0.4, 0.5) is 0 Å². The second-order valence-corrected chi connectivity index (χ2v) is 7.19. The van der Waals surface area contributed by atoms with Crippen molar-refractivity contribution < 1.29 is 9.90 Å². The summed E-state index contributed by atoms with van der Waals surface area (Å²) in [6.07, 6.45) is 29.9. The van der Waals surface area contributed by atoms with Crippen molar-refractivity contribution in [2.45, 2.75) is 116 Å². The number of allylic oxidation sites excluding steroid dienone is 3. The Bertz CT molecular complexity index is 331. The molecule has 0 aliphatic rings. The van der Waals surface area contributed by atoms with E-state index in [1.807, 2.05) is 12.2 Å². The molecular weight excluding hydrogens is 308 g/mol. The summed E-state index contributed by atoms with van der Waals surface area (Å²) in [5, 5.41) is 8.49. The predicted molar refractivity (Wildman–Crippen MR) is 110 cm³/mol. The highest BCUT2D eigenvalue weighted by Gasteiger charge is 1.94. The summed E-state index contributed by atoms with van der Waals surface area (Å²) in [5.41, 5.74) is 0. The molecule has 0 saturated heterocycles. The van der Waals surface area contributed by atoms with E-state index in [1.54, 1.807) is 6.08 Å². The molecule has 0 heterocycles. The van der Waals surface area contributed by atoms with E-state index in [0.29, 0.717) is 0 Å². The molecule has 0 amide bonds. The zero-order valence-electron chi connectivity index (χ0n) is 16.7. The maximum Gasteiger partial charge on any atom is 0.307 e. The monoisotopic (exact) mass is 350 g/mol. The van der Waals surface area contributed by atoms with Crippen LogP contribution in [0.25, 0.3) is 0 Å². The lowest BCUT2D eigenvalue weighted by atomic mass is 10.0. The molecule has 0 aromatic rings. The fourth-order valence-electron chi connectivity index (χ4n) is 3.06. The summed E-state index contributed by atoms with van der Waals surface area (Å²) in [7, 11) is 0. The normalized spacial score (nSPS) is 11.7. The Balaban J connectivity index is 3.10. The van der Waals surface area contributed by atoms with Gasteiger partial charge in [-0.2, -0.15) is 0 Å².